The summed E-state index contributed by atoms with van der Waals surface area (Å²) in [5.41, 5.74) is -1.37. The molecule has 0 atom stereocenters. The maximum Gasteiger partial charge on any atom is 0.375 e. The van der Waals surface area contributed by atoms with Gasteiger partial charge in [-0.25, -0.2) is 0 Å². The van der Waals surface area contributed by atoms with Gasteiger partial charge in [0.1, 0.15) is 0 Å². The number of H-pyrrole nitrogens is 1. The van der Waals surface area contributed by atoms with E-state index in [1.165, 1.54) is 6.07 Å². The molecule has 90 valence electrons. The summed E-state index contributed by atoms with van der Waals surface area (Å²) in [6.45, 7) is 4.00. The first-order valence-corrected chi connectivity index (χ1v) is 5.09. The van der Waals surface area contributed by atoms with Crippen molar-refractivity contribution in [2.75, 3.05) is 0 Å². The Morgan fingerprint density at radius 1 is 1.29 bits per heavy atom. The lowest BCUT2D eigenvalue weighted by Crippen LogP contribution is -2.11. The van der Waals surface area contributed by atoms with E-state index < -0.39 is 21.9 Å². The molecule has 6 heteroatoms. The second-order valence-corrected chi connectivity index (χ2v) is 2.95. The molecule has 2 aromatic rings. The van der Waals surface area contributed by atoms with Crippen LogP contribution < -0.4 is 5.56 Å². The second kappa shape index (κ2) is 5.11. The van der Waals surface area contributed by atoms with Gasteiger partial charge in [0.15, 0.2) is 0 Å². The number of aromatic hydroxyl groups is 1. The van der Waals surface area contributed by atoms with E-state index >= 15 is 0 Å². The van der Waals surface area contributed by atoms with Crippen LogP contribution in [0.5, 0.6) is 5.75 Å². The first kappa shape index (κ1) is 12.7. The number of nitrogens with zero attached hydrogens (tertiary/aromatic N) is 1. The molecule has 17 heavy (non-hydrogen) atoms. The van der Waals surface area contributed by atoms with Gasteiger partial charge in [0, 0.05) is 5.39 Å². The van der Waals surface area contributed by atoms with Gasteiger partial charge in [-0.05, 0) is 12.1 Å². The predicted molar refractivity (Wildman–Crippen MR) is 64.2 cm³/mol. The Morgan fingerprint density at radius 2 is 1.88 bits per heavy atom. The topological polar surface area (TPSA) is 96.2 Å². The molecule has 2 rings (SSSR count). The van der Waals surface area contributed by atoms with Crippen LogP contribution in [0.1, 0.15) is 13.8 Å². The third-order valence-corrected chi connectivity index (χ3v) is 2.05. The van der Waals surface area contributed by atoms with Gasteiger partial charge in [0.2, 0.25) is 5.75 Å². The minimum atomic E-state index is -0.906. The van der Waals surface area contributed by atoms with Crippen molar-refractivity contribution in [3.8, 4) is 5.75 Å². The average Bonchev–Trinajstić information content (AvgIpc) is 2.31. The highest BCUT2D eigenvalue weighted by Crippen LogP contribution is 2.28. The van der Waals surface area contributed by atoms with Crippen molar-refractivity contribution < 1.29 is 10.0 Å². The average molecular weight is 236 g/mol. The third kappa shape index (κ3) is 2.25. The molecule has 0 amide bonds. The largest absolute Gasteiger partial charge is 0.501 e. The van der Waals surface area contributed by atoms with Crippen molar-refractivity contribution in [3.63, 3.8) is 0 Å². The molecule has 0 bridgehead atoms. The summed E-state index contributed by atoms with van der Waals surface area (Å²) in [5.74, 6) is -0.598. The van der Waals surface area contributed by atoms with Crippen LogP contribution in [0.3, 0.4) is 0 Å². The SMILES string of the molecule is CC.O=c1[nH]c2ccccc2c(O)c1[N+](=O)[O-]. The lowest BCUT2D eigenvalue weighted by molar-refractivity contribution is -0.387. The molecule has 1 aromatic heterocycles. The Hall–Kier alpha value is -2.37. The van der Waals surface area contributed by atoms with Gasteiger partial charge in [-0.15, -0.1) is 0 Å². The molecule has 6 nitrogen and oxygen atoms in total. The minimum Gasteiger partial charge on any atom is -0.501 e. The molecule has 2 N–H and O–H groups in total. The summed E-state index contributed by atoms with van der Waals surface area (Å²) in [7, 11) is 0. The highest BCUT2D eigenvalue weighted by atomic mass is 16.6. The zero-order chi connectivity index (χ0) is 13.0. The number of benzene rings is 1. The lowest BCUT2D eigenvalue weighted by Gasteiger charge is -2.00. The van der Waals surface area contributed by atoms with Crippen molar-refractivity contribution in [1.82, 2.24) is 4.98 Å². The zero-order valence-electron chi connectivity index (χ0n) is 9.43. The standard InChI is InChI=1S/C9H6N2O4.C2H6/c12-8-5-3-1-2-4-6(5)10-9(13)7(8)11(14)15;1-2/h1-4H,(H2,10,12,13);1-2H3. The molecule has 0 aliphatic rings. The van der Waals surface area contributed by atoms with Crippen molar-refractivity contribution in [1.29, 1.82) is 0 Å². The Morgan fingerprint density at radius 3 is 2.47 bits per heavy atom. The van der Waals surface area contributed by atoms with Crippen LogP contribution in [-0.4, -0.2) is 15.0 Å². The predicted octanol–water partition coefficient (Wildman–Crippen LogP) is 2.17. The minimum absolute atomic E-state index is 0.254. The number of fused-ring (bicyclic) bond motifs is 1. The quantitative estimate of drug-likeness (QED) is 0.585. The van der Waals surface area contributed by atoms with Crippen LogP contribution in [0.15, 0.2) is 29.1 Å². The first-order chi connectivity index (χ1) is 8.11. The number of nitrogens with one attached hydrogen (secondary N) is 1. The first-order valence-electron chi connectivity index (χ1n) is 5.09. The second-order valence-electron chi connectivity index (χ2n) is 2.95. The normalized spacial score (nSPS) is 9.53. The number of aromatic amines is 1. The number of rotatable bonds is 1. The van der Waals surface area contributed by atoms with E-state index in [2.05, 4.69) is 4.98 Å². The van der Waals surface area contributed by atoms with Crippen LogP contribution >= 0.6 is 0 Å². The molecule has 0 aliphatic carbocycles. The van der Waals surface area contributed by atoms with Gasteiger partial charge < -0.3 is 10.1 Å². The van der Waals surface area contributed by atoms with Crippen LogP contribution in [0.2, 0.25) is 0 Å². The summed E-state index contributed by atoms with van der Waals surface area (Å²) in [6.07, 6.45) is 0. The van der Waals surface area contributed by atoms with Crippen molar-refractivity contribution in [2.45, 2.75) is 13.8 Å². The molecule has 0 fully saturated rings. The molecule has 0 spiro atoms. The third-order valence-electron chi connectivity index (χ3n) is 2.05. The molecule has 0 unspecified atom stereocenters. The summed E-state index contributed by atoms with van der Waals surface area (Å²) >= 11 is 0. The van der Waals surface area contributed by atoms with Gasteiger partial charge >= 0.3 is 11.2 Å². The molecular formula is C11H12N2O4. The maximum absolute atomic E-state index is 11.2. The Labute approximate surface area is 96.7 Å². The highest BCUT2D eigenvalue weighted by Gasteiger charge is 2.21. The van der Waals surface area contributed by atoms with Gasteiger partial charge in [-0.2, -0.15) is 0 Å². The Bertz CT molecular complexity index is 604. The van der Waals surface area contributed by atoms with E-state index in [9.17, 15) is 20.0 Å². The number of hydrogen-bond acceptors (Lipinski definition) is 4. The fraction of sp³-hybridized carbons (Fsp3) is 0.182. The zero-order valence-corrected chi connectivity index (χ0v) is 9.43. The number of pyridine rings is 1. The van der Waals surface area contributed by atoms with E-state index in [-0.39, 0.29) is 5.39 Å². The molecule has 1 heterocycles. The molecule has 0 aliphatic heterocycles. The van der Waals surface area contributed by atoms with Gasteiger partial charge in [0.25, 0.3) is 0 Å². The summed E-state index contributed by atoms with van der Waals surface area (Å²) in [4.78, 5) is 23.2. The van der Waals surface area contributed by atoms with Gasteiger partial charge in [0.05, 0.1) is 10.4 Å². The molecule has 0 saturated heterocycles. The molecular weight excluding hydrogens is 224 g/mol. The van der Waals surface area contributed by atoms with Crippen LogP contribution in [0, 0.1) is 10.1 Å². The Kier molecular flexibility index (Phi) is 3.82. The van der Waals surface area contributed by atoms with E-state index in [1.807, 2.05) is 13.8 Å². The van der Waals surface area contributed by atoms with E-state index in [1.54, 1.807) is 18.2 Å². The molecule has 0 radical (unpaired) electrons. The fourth-order valence-corrected chi connectivity index (χ4v) is 1.38. The highest BCUT2D eigenvalue weighted by molar-refractivity contribution is 5.87. The smallest absolute Gasteiger partial charge is 0.375 e. The maximum atomic E-state index is 11.2. The Balaban J connectivity index is 0.000000686. The fourth-order valence-electron chi connectivity index (χ4n) is 1.38. The van der Waals surface area contributed by atoms with E-state index in [4.69, 9.17) is 0 Å². The van der Waals surface area contributed by atoms with E-state index in [0.29, 0.717) is 5.52 Å². The van der Waals surface area contributed by atoms with Crippen LogP contribution in [0.4, 0.5) is 5.69 Å². The van der Waals surface area contributed by atoms with Gasteiger partial charge in [-0.3, -0.25) is 14.9 Å². The lowest BCUT2D eigenvalue weighted by atomic mass is 10.2. The van der Waals surface area contributed by atoms with Gasteiger partial charge in [-0.1, -0.05) is 26.0 Å². The van der Waals surface area contributed by atoms with Crippen LogP contribution in [0.25, 0.3) is 10.9 Å². The summed E-state index contributed by atoms with van der Waals surface area (Å²) in [5, 5.41) is 20.3. The van der Waals surface area contributed by atoms with Crippen molar-refractivity contribution in [2.24, 2.45) is 0 Å². The summed E-state index contributed by atoms with van der Waals surface area (Å²) in [6, 6.07) is 6.32. The monoisotopic (exact) mass is 236 g/mol. The number of hydrogen-bond donors (Lipinski definition) is 2. The number of para-hydroxylation sites is 1. The van der Waals surface area contributed by atoms with Crippen LogP contribution in [-0.2, 0) is 0 Å². The molecule has 0 saturated carbocycles. The van der Waals surface area contributed by atoms with E-state index in [0.717, 1.165) is 0 Å². The number of nitro groups is 1. The summed E-state index contributed by atoms with van der Waals surface area (Å²) < 4.78 is 0. The van der Waals surface area contributed by atoms with Crippen molar-refractivity contribution in [3.05, 3.63) is 44.7 Å². The number of aromatic nitrogens is 1. The van der Waals surface area contributed by atoms with Crippen molar-refractivity contribution >= 4 is 16.6 Å². The molecule has 1 aromatic carbocycles.